The Labute approximate surface area is 235 Å². The molecule has 0 spiro atoms. The summed E-state index contributed by atoms with van der Waals surface area (Å²) in [5.41, 5.74) is -1.32. The van der Waals surface area contributed by atoms with Crippen molar-refractivity contribution in [3.8, 4) is 40.1 Å². The van der Waals surface area contributed by atoms with E-state index >= 15 is 0 Å². The maximum Gasteiger partial charge on any atom is 0.238 e. The molecule has 1 aromatic heterocycles. The first-order valence-corrected chi connectivity index (χ1v) is 12.6. The highest BCUT2D eigenvalue weighted by Crippen LogP contribution is 2.38. The molecule has 3 aromatic rings. The first kappa shape index (κ1) is 29.8. The minimum absolute atomic E-state index is 0.00712. The predicted octanol–water partition coefficient (Wildman–Crippen LogP) is -2.08. The van der Waals surface area contributed by atoms with Crippen molar-refractivity contribution < 1.29 is 74.4 Å². The van der Waals surface area contributed by atoms with Crippen molar-refractivity contribution in [1.29, 1.82) is 0 Å². The summed E-state index contributed by atoms with van der Waals surface area (Å²) in [5, 5.41) is 101. The normalized spacial score (nSPS) is 31.7. The molecular weight excluding hydrogens is 568 g/mol. The van der Waals surface area contributed by atoms with Crippen molar-refractivity contribution in [3.63, 3.8) is 0 Å². The maximum absolute atomic E-state index is 12.8. The number of hydrogen-bond donors (Lipinski definition) is 10. The number of phenols is 3. The zero-order valence-electron chi connectivity index (χ0n) is 21.4. The molecule has 0 bridgehead atoms. The average molecular weight is 596 g/mol. The Hall–Kier alpha value is -3.71. The lowest BCUT2D eigenvalue weighted by Crippen LogP contribution is -2.61. The number of hydrogen-bond acceptors (Lipinski definition) is 16. The molecule has 16 nitrogen and oxygen atoms in total. The Morgan fingerprint density at radius 1 is 0.786 bits per heavy atom. The first-order valence-electron chi connectivity index (χ1n) is 12.6. The molecular formula is C26H28O16. The van der Waals surface area contributed by atoms with Crippen molar-refractivity contribution in [1.82, 2.24) is 0 Å². The lowest BCUT2D eigenvalue weighted by Gasteiger charge is -2.41. The van der Waals surface area contributed by atoms with Gasteiger partial charge in [-0.25, -0.2) is 0 Å². The highest BCUT2D eigenvalue weighted by atomic mass is 16.7. The summed E-state index contributed by atoms with van der Waals surface area (Å²) in [6.07, 6.45) is -14.4. The summed E-state index contributed by atoms with van der Waals surface area (Å²) in [6.45, 7) is -0.881. The molecule has 228 valence electrons. The molecule has 0 radical (unpaired) electrons. The van der Waals surface area contributed by atoms with Crippen LogP contribution in [0.1, 0.15) is 0 Å². The third-order valence-electron chi connectivity index (χ3n) is 6.96. The number of rotatable bonds is 6. The van der Waals surface area contributed by atoms with E-state index in [1.54, 1.807) is 0 Å². The summed E-state index contributed by atoms with van der Waals surface area (Å²) < 4.78 is 27.2. The van der Waals surface area contributed by atoms with E-state index in [2.05, 4.69) is 0 Å². The molecule has 2 aliphatic rings. The van der Waals surface area contributed by atoms with Crippen LogP contribution in [0.25, 0.3) is 22.3 Å². The van der Waals surface area contributed by atoms with Crippen LogP contribution in [0.2, 0.25) is 0 Å². The van der Waals surface area contributed by atoms with Crippen LogP contribution in [0.15, 0.2) is 39.5 Å². The molecule has 0 amide bonds. The second-order valence-electron chi connectivity index (χ2n) is 9.84. The zero-order valence-corrected chi connectivity index (χ0v) is 21.4. The maximum atomic E-state index is 12.8. The monoisotopic (exact) mass is 596 g/mol. The molecule has 0 saturated carbocycles. The number of benzene rings is 2. The quantitative estimate of drug-likeness (QED) is 0.137. The topological polar surface area (TPSA) is 269 Å². The fourth-order valence-electron chi connectivity index (χ4n) is 4.59. The lowest BCUT2D eigenvalue weighted by molar-refractivity contribution is -0.307. The van der Waals surface area contributed by atoms with Gasteiger partial charge >= 0.3 is 0 Å². The van der Waals surface area contributed by atoms with Gasteiger partial charge in [-0.1, -0.05) is 0 Å². The second-order valence-corrected chi connectivity index (χ2v) is 9.84. The average Bonchev–Trinajstić information content (AvgIpc) is 2.95. The molecule has 9 atom stereocenters. The van der Waals surface area contributed by atoms with Crippen molar-refractivity contribution in [2.75, 3.05) is 13.2 Å². The molecule has 0 aliphatic carbocycles. The lowest BCUT2D eigenvalue weighted by atomic mass is 9.99. The van der Waals surface area contributed by atoms with Crippen LogP contribution >= 0.6 is 0 Å². The van der Waals surface area contributed by atoms with Crippen LogP contribution in [0, 0.1) is 0 Å². The molecule has 9 unspecified atom stereocenters. The summed E-state index contributed by atoms with van der Waals surface area (Å²) in [4.78, 5) is 12.8. The molecule has 5 rings (SSSR count). The fourth-order valence-corrected chi connectivity index (χ4v) is 4.59. The minimum Gasteiger partial charge on any atom is -0.507 e. The summed E-state index contributed by atoms with van der Waals surface area (Å²) in [7, 11) is 0. The second kappa shape index (κ2) is 11.5. The van der Waals surface area contributed by atoms with E-state index in [0.29, 0.717) is 0 Å². The summed E-state index contributed by atoms with van der Waals surface area (Å²) >= 11 is 0. The largest absolute Gasteiger partial charge is 0.507 e. The van der Waals surface area contributed by atoms with Crippen molar-refractivity contribution in [2.45, 2.75) is 55.3 Å². The Morgan fingerprint density at radius 2 is 1.50 bits per heavy atom. The van der Waals surface area contributed by atoms with Gasteiger partial charge in [0.1, 0.15) is 65.2 Å². The molecule has 16 heteroatoms. The third-order valence-corrected chi connectivity index (χ3v) is 6.96. The van der Waals surface area contributed by atoms with Crippen LogP contribution in [-0.2, 0) is 14.2 Å². The van der Waals surface area contributed by atoms with Gasteiger partial charge < -0.3 is 74.4 Å². The summed E-state index contributed by atoms with van der Waals surface area (Å²) in [5.74, 6) is -3.26. The number of fused-ring (bicyclic) bond motifs is 1. The van der Waals surface area contributed by atoms with Crippen LogP contribution in [0.4, 0.5) is 0 Å². The van der Waals surface area contributed by atoms with E-state index < -0.39 is 101 Å². The van der Waals surface area contributed by atoms with Crippen LogP contribution in [0.5, 0.6) is 28.7 Å². The van der Waals surface area contributed by atoms with Gasteiger partial charge in [-0.05, 0) is 18.2 Å². The van der Waals surface area contributed by atoms with Gasteiger partial charge in [0.15, 0.2) is 23.5 Å². The van der Waals surface area contributed by atoms with E-state index in [1.807, 2.05) is 0 Å². The Bertz CT molecular complexity index is 1510. The van der Waals surface area contributed by atoms with Gasteiger partial charge in [-0.2, -0.15) is 0 Å². The molecule has 10 N–H and O–H groups in total. The van der Waals surface area contributed by atoms with Gasteiger partial charge in [0.05, 0.1) is 13.2 Å². The van der Waals surface area contributed by atoms with Gasteiger partial charge in [0.2, 0.25) is 17.5 Å². The Balaban J connectivity index is 1.39. The number of aliphatic hydroxyl groups excluding tert-OH is 6. The van der Waals surface area contributed by atoms with Gasteiger partial charge in [0, 0.05) is 17.7 Å². The Kier molecular flexibility index (Phi) is 8.17. The molecule has 2 aromatic carbocycles. The standard InChI is InChI=1S/C26H28O16/c27-10-2-1-8(3-11(10)28)24-21(35)19(33)16-12(29)4-9(5-14(16)41-24)40-26-23(37)20(34)18(32)15(42-26)7-39-25-22(36)17(31)13(30)6-38-25/h1-5,13,15,17-18,20,22-23,25-32,34-37H,6-7H2. The van der Waals surface area contributed by atoms with Crippen LogP contribution in [0.3, 0.4) is 0 Å². The summed E-state index contributed by atoms with van der Waals surface area (Å²) in [6, 6.07) is 5.43. The number of ether oxygens (including phenoxy) is 4. The van der Waals surface area contributed by atoms with Crippen molar-refractivity contribution in [3.05, 3.63) is 40.6 Å². The number of aromatic hydroxyl groups is 4. The first-order chi connectivity index (χ1) is 19.9. The predicted molar refractivity (Wildman–Crippen MR) is 136 cm³/mol. The molecule has 2 saturated heterocycles. The van der Waals surface area contributed by atoms with Crippen LogP contribution < -0.4 is 10.2 Å². The minimum atomic E-state index is -1.83. The van der Waals surface area contributed by atoms with E-state index in [-0.39, 0.29) is 23.5 Å². The fraction of sp³-hybridized carbons (Fsp3) is 0.423. The van der Waals surface area contributed by atoms with E-state index in [0.717, 1.165) is 24.3 Å². The van der Waals surface area contributed by atoms with Gasteiger partial charge in [0.25, 0.3) is 0 Å². The van der Waals surface area contributed by atoms with E-state index in [1.165, 1.54) is 6.07 Å². The molecule has 2 aliphatic heterocycles. The van der Waals surface area contributed by atoms with Gasteiger partial charge in [-0.15, -0.1) is 0 Å². The Morgan fingerprint density at radius 3 is 2.21 bits per heavy atom. The third kappa shape index (κ3) is 5.42. The van der Waals surface area contributed by atoms with Crippen molar-refractivity contribution >= 4 is 11.0 Å². The molecule has 42 heavy (non-hydrogen) atoms. The molecule has 3 heterocycles. The van der Waals surface area contributed by atoms with Gasteiger partial charge in [-0.3, -0.25) is 4.79 Å². The van der Waals surface area contributed by atoms with E-state index in [9.17, 15) is 55.9 Å². The highest BCUT2D eigenvalue weighted by molar-refractivity contribution is 5.88. The van der Waals surface area contributed by atoms with Crippen LogP contribution in [-0.4, -0.2) is 120 Å². The zero-order chi connectivity index (χ0) is 30.5. The van der Waals surface area contributed by atoms with Crippen molar-refractivity contribution in [2.24, 2.45) is 0 Å². The van der Waals surface area contributed by atoms with E-state index in [4.69, 9.17) is 23.4 Å². The highest BCUT2D eigenvalue weighted by Gasteiger charge is 2.46. The molecule has 2 fully saturated rings. The number of aliphatic hydroxyl groups is 6. The number of phenolic OH excluding ortho intramolecular Hbond substituents is 3. The SMILES string of the molecule is O=c1c(O)c(-c2ccc(O)c(O)c2)oc2cc(OC3OC(COC4OCC(O)C(O)C4O)C(O)C(O)C3O)cc(O)c12. The smallest absolute Gasteiger partial charge is 0.238 e.